The van der Waals surface area contributed by atoms with Crippen molar-refractivity contribution >= 4 is 34.0 Å². The van der Waals surface area contributed by atoms with Crippen molar-refractivity contribution in [1.82, 2.24) is 10.7 Å². The number of benzene rings is 2. The summed E-state index contributed by atoms with van der Waals surface area (Å²) in [5.74, 6) is -1.47. The number of amides is 2. The molecule has 2 aromatic rings. The third kappa shape index (κ3) is 5.51. The average molecular weight is 390 g/mol. The highest BCUT2D eigenvalue weighted by molar-refractivity contribution is 9.10. The molecule has 0 saturated carbocycles. The van der Waals surface area contributed by atoms with Gasteiger partial charge in [0, 0.05) is 6.54 Å². The van der Waals surface area contributed by atoms with Gasteiger partial charge >= 0.3 is 11.8 Å². The standard InChI is InChI=1S/C17H16BrN3O3/c18-14-10-13(6-7-15(14)22)11-20-21-17(24)16(23)19-9-8-12-4-2-1-3-5-12/h1-7,10-11,22H,8-9H2,(H,19,23)(H,21,24)/b20-11+. The van der Waals surface area contributed by atoms with Crippen LogP contribution in [0, 0.1) is 0 Å². The van der Waals surface area contributed by atoms with Crippen molar-refractivity contribution in [3.8, 4) is 5.75 Å². The van der Waals surface area contributed by atoms with Gasteiger partial charge in [0.25, 0.3) is 0 Å². The summed E-state index contributed by atoms with van der Waals surface area (Å²) < 4.78 is 0.511. The number of aromatic hydroxyl groups is 1. The lowest BCUT2D eigenvalue weighted by atomic mass is 10.1. The molecular formula is C17H16BrN3O3. The topological polar surface area (TPSA) is 90.8 Å². The molecule has 0 spiro atoms. The number of rotatable bonds is 5. The van der Waals surface area contributed by atoms with Crippen molar-refractivity contribution in [1.29, 1.82) is 0 Å². The molecular weight excluding hydrogens is 374 g/mol. The van der Waals surface area contributed by atoms with Gasteiger partial charge in [-0.15, -0.1) is 0 Å². The molecule has 0 atom stereocenters. The van der Waals surface area contributed by atoms with E-state index in [0.29, 0.717) is 23.0 Å². The van der Waals surface area contributed by atoms with E-state index < -0.39 is 11.8 Å². The van der Waals surface area contributed by atoms with Gasteiger partial charge < -0.3 is 10.4 Å². The number of halogens is 1. The summed E-state index contributed by atoms with van der Waals surface area (Å²) in [6.07, 6.45) is 2.02. The SMILES string of the molecule is O=C(NCCc1ccccc1)C(=O)N/N=C/c1ccc(O)c(Br)c1. The van der Waals surface area contributed by atoms with Gasteiger partial charge in [-0.2, -0.15) is 5.10 Å². The van der Waals surface area contributed by atoms with Crippen molar-refractivity contribution in [2.45, 2.75) is 6.42 Å². The molecule has 0 aliphatic carbocycles. The zero-order valence-corrected chi connectivity index (χ0v) is 14.3. The van der Waals surface area contributed by atoms with Crippen LogP contribution in [0.1, 0.15) is 11.1 Å². The van der Waals surface area contributed by atoms with Crippen molar-refractivity contribution in [2.24, 2.45) is 5.10 Å². The van der Waals surface area contributed by atoms with E-state index in [1.165, 1.54) is 12.3 Å². The van der Waals surface area contributed by atoms with Crippen LogP contribution in [-0.4, -0.2) is 29.7 Å². The maximum Gasteiger partial charge on any atom is 0.329 e. The van der Waals surface area contributed by atoms with Gasteiger partial charge in [-0.25, -0.2) is 5.43 Å². The summed E-state index contributed by atoms with van der Waals surface area (Å²) in [7, 11) is 0. The third-order valence-electron chi connectivity index (χ3n) is 3.10. The van der Waals surface area contributed by atoms with Crippen LogP contribution in [0.3, 0.4) is 0 Å². The molecule has 0 fully saturated rings. The van der Waals surface area contributed by atoms with E-state index in [1.807, 2.05) is 30.3 Å². The van der Waals surface area contributed by atoms with Crippen LogP contribution in [-0.2, 0) is 16.0 Å². The highest BCUT2D eigenvalue weighted by Crippen LogP contribution is 2.23. The zero-order valence-electron chi connectivity index (χ0n) is 12.7. The average Bonchev–Trinajstić information content (AvgIpc) is 2.59. The lowest BCUT2D eigenvalue weighted by Gasteiger charge is -2.04. The molecule has 0 aromatic heterocycles. The zero-order chi connectivity index (χ0) is 17.4. The molecule has 0 heterocycles. The predicted molar refractivity (Wildman–Crippen MR) is 94.7 cm³/mol. The number of carbonyl (C=O) groups excluding carboxylic acids is 2. The van der Waals surface area contributed by atoms with E-state index >= 15 is 0 Å². The Morgan fingerprint density at radius 1 is 1.12 bits per heavy atom. The first-order valence-electron chi connectivity index (χ1n) is 7.20. The van der Waals surface area contributed by atoms with Crippen LogP contribution in [0.2, 0.25) is 0 Å². The second kappa shape index (κ2) is 8.83. The van der Waals surface area contributed by atoms with E-state index in [2.05, 4.69) is 31.8 Å². The highest BCUT2D eigenvalue weighted by Gasteiger charge is 2.11. The molecule has 0 unspecified atom stereocenters. The minimum atomic E-state index is -0.836. The first-order chi connectivity index (χ1) is 11.6. The van der Waals surface area contributed by atoms with Crippen molar-refractivity contribution in [3.05, 3.63) is 64.1 Å². The molecule has 24 heavy (non-hydrogen) atoms. The van der Waals surface area contributed by atoms with E-state index in [1.54, 1.807) is 12.1 Å². The molecule has 0 radical (unpaired) electrons. The van der Waals surface area contributed by atoms with Crippen LogP contribution < -0.4 is 10.7 Å². The Bertz CT molecular complexity index is 748. The fourth-order valence-corrected chi connectivity index (χ4v) is 2.26. The number of hydrazone groups is 1. The highest BCUT2D eigenvalue weighted by atomic mass is 79.9. The lowest BCUT2D eigenvalue weighted by Crippen LogP contribution is -2.38. The number of nitrogens with zero attached hydrogens (tertiary/aromatic N) is 1. The second-order valence-electron chi connectivity index (χ2n) is 4.90. The number of hydrogen-bond acceptors (Lipinski definition) is 4. The Hall–Kier alpha value is -2.67. The molecule has 0 bridgehead atoms. The lowest BCUT2D eigenvalue weighted by molar-refractivity contribution is -0.139. The maximum absolute atomic E-state index is 11.6. The number of nitrogens with one attached hydrogen (secondary N) is 2. The van der Waals surface area contributed by atoms with Gasteiger partial charge in [-0.3, -0.25) is 9.59 Å². The fourth-order valence-electron chi connectivity index (χ4n) is 1.86. The largest absolute Gasteiger partial charge is 0.507 e. The molecule has 2 aromatic carbocycles. The predicted octanol–water partition coefficient (Wildman–Crippen LogP) is 1.96. The number of phenols is 1. The van der Waals surface area contributed by atoms with Crippen LogP contribution >= 0.6 is 15.9 Å². The summed E-state index contributed by atoms with van der Waals surface area (Å²) in [6.45, 7) is 0.366. The third-order valence-corrected chi connectivity index (χ3v) is 3.73. The van der Waals surface area contributed by atoms with Crippen LogP contribution in [0.25, 0.3) is 0 Å². The maximum atomic E-state index is 11.6. The first kappa shape index (κ1) is 17.7. The van der Waals surface area contributed by atoms with E-state index in [4.69, 9.17) is 0 Å². The van der Waals surface area contributed by atoms with E-state index in [9.17, 15) is 14.7 Å². The number of phenolic OH excluding ortho intramolecular Hbond substituents is 1. The Morgan fingerprint density at radius 2 is 1.88 bits per heavy atom. The molecule has 3 N–H and O–H groups in total. The quantitative estimate of drug-likeness (QED) is 0.414. The Labute approximate surface area is 147 Å². The van der Waals surface area contributed by atoms with Crippen molar-refractivity contribution in [2.75, 3.05) is 6.54 Å². The van der Waals surface area contributed by atoms with E-state index in [-0.39, 0.29) is 5.75 Å². The van der Waals surface area contributed by atoms with Gasteiger partial charge in [-0.05, 0) is 51.7 Å². The Balaban J connectivity index is 1.76. The minimum absolute atomic E-state index is 0.106. The molecule has 2 amide bonds. The van der Waals surface area contributed by atoms with Crippen LogP contribution in [0.4, 0.5) is 0 Å². The number of hydrogen-bond donors (Lipinski definition) is 3. The van der Waals surface area contributed by atoms with Gasteiger partial charge in [-0.1, -0.05) is 30.3 Å². The van der Waals surface area contributed by atoms with Crippen molar-refractivity contribution < 1.29 is 14.7 Å². The van der Waals surface area contributed by atoms with E-state index in [0.717, 1.165) is 5.56 Å². The summed E-state index contributed by atoms with van der Waals surface area (Å²) in [5, 5.41) is 15.6. The number of carbonyl (C=O) groups is 2. The molecule has 2 rings (SSSR count). The van der Waals surface area contributed by atoms with Gasteiger partial charge in [0.1, 0.15) is 5.75 Å². The summed E-state index contributed by atoms with van der Waals surface area (Å²) >= 11 is 3.17. The first-order valence-corrected chi connectivity index (χ1v) is 7.99. The molecule has 124 valence electrons. The Kier molecular flexibility index (Phi) is 6.51. The van der Waals surface area contributed by atoms with Gasteiger partial charge in [0.05, 0.1) is 10.7 Å². The molecule has 0 saturated heterocycles. The molecule has 0 aliphatic heterocycles. The molecule has 0 aliphatic rings. The van der Waals surface area contributed by atoms with Crippen LogP contribution in [0.15, 0.2) is 58.1 Å². The summed E-state index contributed by atoms with van der Waals surface area (Å²) in [5.41, 5.74) is 3.89. The monoisotopic (exact) mass is 389 g/mol. The fraction of sp³-hybridized carbons (Fsp3) is 0.118. The Morgan fingerprint density at radius 3 is 2.58 bits per heavy atom. The van der Waals surface area contributed by atoms with Gasteiger partial charge in [0.2, 0.25) is 0 Å². The van der Waals surface area contributed by atoms with Crippen LogP contribution in [0.5, 0.6) is 5.75 Å². The molecule has 7 heteroatoms. The summed E-state index contributed by atoms with van der Waals surface area (Å²) in [4.78, 5) is 23.2. The smallest absolute Gasteiger partial charge is 0.329 e. The molecule has 6 nitrogen and oxygen atoms in total. The van der Waals surface area contributed by atoms with Gasteiger partial charge in [0.15, 0.2) is 0 Å². The summed E-state index contributed by atoms with van der Waals surface area (Å²) in [6, 6.07) is 14.4. The minimum Gasteiger partial charge on any atom is -0.507 e. The second-order valence-corrected chi connectivity index (χ2v) is 5.76. The normalized spacial score (nSPS) is 10.5. The van der Waals surface area contributed by atoms with Crippen molar-refractivity contribution in [3.63, 3.8) is 0 Å².